The quantitative estimate of drug-likeness (QED) is 0.631. The maximum atomic E-state index is 15.2. The van der Waals surface area contributed by atoms with Gasteiger partial charge in [0.15, 0.2) is 14.1 Å². The number of nitrogens with one attached hydrogen (secondary N) is 1. The van der Waals surface area contributed by atoms with Gasteiger partial charge in [0.1, 0.15) is 0 Å². The van der Waals surface area contributed by atoms with Crippen LogP contribution in [0.25, 0.3) is 0 Å². The fraction of sp³-hybridized carbons (Fsp3) is 0.739. The van der Waals surface area contributed by atoms with Crippen LogP contribution in [0.1, 0.15) is 45.6 Å². The fourth-order valence-electron chi connectivity index (χ4n) is 3.80. The Balaban J connectivity index is 1.56. The van der Waals surface area contributed by atoms with Crippen LogP contribution in [0, 0.1) is 11.7 Å². The lowest BCUT2D eigenvalue weighted by molar-refractivity contribution is 0.0347. The van der Waals surface area contributed by atoms with E-state index in [1.165, 1.54) is 12.8 Å². The van der Waals surface area contributed by atoms with Crippen LogP contribution in [0.2, 0.25) is 18.1 Å². The summed E-state index contributed by atoms with van der Waals surface area (Å²) < 4.78 is 27.7. The van der Waals surface area contributed by atoms with E-state index in [9.17, 15) is 0 Å². The zero-order valence-electron chi connectivity index (χ0n) is 18.9. The topological polar surface area (TPSA) is 33.7 Å². The molecular weight excluding hydrogens is 383 g/mol. The molecule has 0 radical (unpaired) electrons. The lowest BCUT2D eigenvalue weighted by Gasteiger charge is -2.36. The first-order valence-corrected chi connectivity index (χ1v) is 14.1. The number of halogens is 1. The highest BCUT2D eigenvalue weighted by Crippen LogP contribution is 2.37. The monoisotopic (exact) mass is 422 g/mol. The van der Waals surface area contributed by atoms with Crippen molar-refractivity contribution in [3.63, 3.8) is 0 Å². The minimum Gasteiger partial charge on any atom is -0.412 e. The first kappa shape index (κ1) is 22.7. The van der Waals surface area contributed by atoms with Crippen molar-refractivity contribution in [2.75, 3.05) is 37.7 Å². The molecule has 4 nitrogen and oxygen atoms in total. The van der Waals surface area contributed by atoms with E-state index in [4.69, 9.17) is 9.16 Å². The summed E-state index contributed by atoms with van der Waals surface area (Å²) in [6.07, 6.45) is 3.56. The van der Waals surface area contributed by atoms with E-state index in [1.54, 1.807) is 0 Å². The van der Waals surface area contributed by atoms with Crippen molar-refractivity contribution >= 4 is 14.0 Å². The summed E-state index contributed by atoms with van der Waals surface area (Å²) in [5.41, 5.74) is 1.35. The average molecular weight is 423 g/mol. The zero-order valence-corrected chi connectivity index (χ0v) is 19.9. The molecule has 6 heteroatoms. The third-order valence-corrected chi connectivity index (χ3v) is 11.4. The molecule has 0 spiro atoms. The van der Waals surface area contributed by atoms with Crippen molar-refractivity contribution in [2.45, 2.75) is 70.9 Å². The van der Waals surface area contributed by atoms with Crippen LogP contribution in [0.15, 0.2) is 18.2 Å². The van der Waals surface area contributed by atoms with E-state index in [1.807, 2.05) is 18.2 Å². The first-order valence-electron chi connectivity index (χ1n) is 11.2. The molecule has 2 fully saturated rings. The lowest BCUT2D eigenvalue weighted by Crippen LogP contribution is -2.40. The number of hydrogen-bond donors (Lipinski definition) is 1. The minimum absolute atomic E-state index is 0.120. The zero-order chi connectivity index (χ0) is 21.1. The molecule has 164 valence electrons. The molecule has 0 saturated carbocycles. The molecule has 0 aromatic heterocycles. The SMILES string of the molecule is CC(C)(C)[Si](C)(C)OCc1cccc(N2CC[C@H](OCC3CCNCC3)C2)c1F. The molecule has 1 atom stereocenters. The molecule has 2 aliphatic heterocycles. The van der Waals surface area contributed by atoms with Crippen molar-refractivity contribution in [2.24, 2.45) is 5.92 Å². The van der Waals surface area contributed by atoms with Gasteiger partial charge in [0, 0.05) is 25.3 Å². The second kappa shape index (κ2) is 9.46. The maximum absolute atomic E-state index is 15.2. The predicted octanol–water partition coefficient (Wildman–Crippen LogP) is 4.94. The number of benzene rings is 1. The van der Waals surface area contributed by atoms with Crippen LogP contribution < -0.4 is 10.2 Å². The van der Waals surface area contributed by atoms with Crippen molar-refractivity contribution in [3.05, 3.63) is 29.6 Å². The normalized spacial score (nSPS) is 21.7. The summed E-state index contributed by atoms with van der Waals surface area (Å²) in [6.45, 7) is 16.0. The van der Waals surface area contributed by atoms with E-state index >= 15 is 4.39 Å². The molecule has 29 heavy (non-hydrogen) atoms. The number of ether oxygens (including phenoxy) is 1. The lowest BCUT2D eigenvalue weighted by atomic mass is 9.99. The standard InChI is InChI=1S/C23H39FN2O2Si/c1-23(2,3)29(4,5)28-17-19-7-6-8-21(22(19)24)26-14-11-20(15-26)27-16-18-9-12-25-13-10-18/h6-8,18,20,25H,9-17H2,1-5H3/t20-/m0/s1. The number of anilines is 1. The third kappa shape index (κ3) is 5.81. The Morgan fingerprint density at radius 1 is 1.17 bits per heavy atom. The molecular formula is C23H39FN2O2Si. The summed E-state index contributed by atoms with van der Waals surface area (Å²) in [6, 6.07) is 5.69. The Hall–Kier alpha value is -0.953. The Bertz CT molecular complexity index is 671. The van der Waals surface area contributed by atoms with Gasteiger partial charge in [-0.15, -0.1) is 0 Å². The molecule has 1 N–H and O–H groups in total. The van der Waals surface area contributed by atoms with Gasteiger partial charge < -0.3 is 19.4 Å². The number of piperidine rings is 1. The van der Waals surface area contributed by atoms with Crippen LogP contribution >= 0.6 is 0 Å². The molecule has 2 aliphatic rings. The van der Waals surface area contributed by atoms with Gasteiger partial charge in [-0.25, -0.2) is 4.39 Å². The number of nitrogens with zero attached hydrogens (tertiary/aromatic N) is 1. The van der Waals surface area contributed by atoms with Crippen LogP contribution in [0.5, 0.6) is 0 Å². The first-order chi connectivity index (χ1) is 13.7. The highest BCUT2D eigenvalue weighted by Gasteiger charge is 2.37. The van der Waals surface area contributed by atoms with Crippen LogP contribution in [-0.4, -0.2) is 47.2 Å². The van der Waals surface area contributed by atoms with E-state index < -0.39 is 8.32 Å². The molecule has 1 aromatic carbocycles. The van der Waals surface area contributed by atoms with E-state index in [0.29, 0.717) is 23.8 Å². The molecule has 0 unspecified atom stereocenters. The maximum Gasteiger partial charge on any atom is 0.192 e. The predicted molar refractivity (Wildman–Crippen MR) is 121 cm³/mol. The average Bonchev–Trinajstić information content (AvgIpc) is 3.14. The van der Waals surface area contributed by atoms with Crippen molar-refractivity contribution in [1.82, 2.24) is 5.32 Å². The van der Waals surface area contributed by atoms with Gasteiger partial charge in [-0.2, -0.15) is 0 Å². The Morgan fingerprint density at radius 2 is 1.90 bits per heavy atom. The smallest absolute Gasteiger partial charge is 0.192 e. The molecule has 2 saturated heterocycles. The van der Waals surface area contributed by atoms with Gasteiger partial charge in [-0.05, 0) is 62.5 Å². The summed E-state index contributed by atoms with van der Waals surface area (Å²) in [5, 5.41) is 3.52. The Labute approximate surface area is 177 Å². The largest absolute Gasteiger partial charge is 0.412 e. The fourth-order valence-corrected chi connectivity index (χ4v) is 4.75. The third-order valence-electron chi connectivity index (χ3n) is 6.97. The van der Waals surface area contributed by atoms with E-state index in [0.717, 1.165) is 39.2 Å². The summed E-state index contributed by atoms with van der Waals surface area (Å²) in [5.74, 6) is 0.531. The molecule has 0 bridgehead atoms. The second-order valence-corrected chi connectivity index (χ2v) is 15.0. The Kier molecular flexibility index (Phi) is 7.41. The summed E-state index contributed by atoms with van der Waals surface area (Å²) >= 11 is 0. The Morgan fingerprint density at radius 3 is 2.59 bits per heavy atom. The van der Waals surface area contributed by atoms with E-state index in [2.05, 4.69) is 44.1 Å². The summed E-state index contributed by atoms with van der Waals surface area (Å²) in [4.78, 5) is 2.14. The highest BCUT2D eigenvalue weighted by atomic mass is 28.4. The van der Waals surface area contributed by atoms with Gasteiger partial charge in [-0.1, -0.05) is 32.9 Å². The van der Waals surface area contributed by atoms with Crippen molar-refractivity contribution in [1.29, 1.82) is 0 Å². The number of hydrogen-bond acceptors (Lipinski definition) is 4. The van der Waals surface area contributed by atoms with E-state index in [-0.39, 0.29) is 17.0 Å². The van der Waals surface area contributed by atoms with Gasteiger partial charge in [0.05, 0.1) is 18.4 Å². The van der Waals surface area contributed by atoms with Gasteiger partial charge in [0.25, 0.3) is 0 Å². The number of rotatable bonds is 7. The van der Waals surface area contributed by atoms with Gasteiger partial charge >= 0.3 is 0 Å². The van der Waals surface area contributed by atoms with Crippen molar-refractivity contribution < 1.29 is 13.6 Å². The van der Waals surface area contributed by atoms with Gasteiger partial charge in [-0.3, -0.25) is 0 Å². The molecule has 3 rings (SSSR count). The molecule has 1 aromatic rings. The van der Waals surface area contributed by atoms with Gasteiger partial charge in [0.2, 0.25) is 0 Å². The highest BCUT2D eigenvalue weighted by molar-refractivity contribution is 6.74. The van der Waals surface area contributed by atoms with Crippen LogP contribution in [0.4, 0.5) is 10.1 Å². The van der Waals surface area contributed by atoms with Crippen LogP contribution in [-0.2, 0) is 15.8 Å². The summed E-state index contributed by atoms with van der Waals surface area (Å²) in [7, 11) is -1.90. The minimum atomic E-state index is -1.90. The van der Waals surface area contributed by atoms with Crippen molar-refractivity contribution in [3.8, 4) is 0 Å². The second-order valence-electron chi connectivity index (χ2n) is 10.2. The molecule has 0 amide bonds. The molecule has 0 aliphatic carbocycles. The van der Waals surface area contributed by atoms with Crippen LogP contribution in [0.3, 0.4) is 0 Å². The molecule has 2 heterocycles.